The third kappa shape index (κ3) is 4.01. The van der Waals surface area contributed by atoms with Crippen LogP contribution in [-0.4, -0.2) is 30.6 Å². The molecule has 0 atom stereocenters. The van der Waals surface area contributed by atoms with E-state index >= 15 is 0 Å². The van der Waals surface area contributed by atoms with Gasteiger partial charge in [-0.05, 0) is 13.0 Å². The molecule has 0 aromatic heterocycles. The third-order valence-electron chi connectivity index (χ3n) is 3.94. The average molecular weight is 293 g/mol. The van der Waals surface area contributed by atoms with E-state index in [1.165, 1.54) is 4.90 Å². The molecule has 0 amide bonds. The Hall–Kier alpha value is -1.95. The molecule has 1 aliphatic rings. The SMILES string of the molecule is CCOC(=O)C1CC[NH+](Cc2ccccc2[N+](=O)[O-])CC1. The molecule has 2 rings (SSSR count). The van der Waals surface area contributed by atoms with Crippen LogP contribution < -0.4 is 4.90 Å². The molecule has 21 heavy (non-hydrogen) atoms. The molecule has 1 saturated heterocycles. The summed E-state index contributed by atoms with van der Waals surface area (Å²) in [5.74, 6) is -0.123. The van der Waals surface area contributed by atoms with Crippen LogP contribution in [0.25, 0.3) is 0 Å². The van der Waals surface area contributed by atoms with E-state index in [4.69, 9.17) is 4.74 Å². The first-order valence-corrected chi connectivity index (χ1v) is 7.34. The number of likely N-dealkylation sites (tertiary alicyclic amines) is 1. The van der Waals surface area contributed by atoms with Crippen molar-refractivity contribution in [2.24, 2.45) is 5.92 Å². The summed E-state index contributed by atoms with van der Waals surface area (Å²) in [6, 6.07) is 6.86. The number of benzene rings is 1. The number of piperidine rings is 1. The Morgan fingerprint density at radius 2 is 2.05 bits per heavy atom. The summed E-state index contributed by atoms with van der Waals surface area (Å²) in [6.45, 7) is 4.55. The fourth-order valence-electron chi connectivity index (χ4n) is 2.81. The Balaban J connectivity index is 1.92. The molecule has 1 fully saturated rings. The number of nitro groups is 1. The molecule has 6 heteroatoms. The van der Waals surface area contributed by atoms with Gasteiger partial charge in [0.25, 0.3) is 5.69 Å². The van der Waals surface area contributed by atoms with Crippen molar-refractivity contribution in [3.05, 3.63) is 39.9 Å². The van der Waals surface area contributed by atoms with Crippen LogP contribution in [0.4, 0.5) is 5.69 Å². The molecule has 1 aliphatic heterocycles. The van der Waals surface area contributed by atoms with Gasteiger partial charge in [0, 0.05) is 18.9 Å². The number of ether oxygens (including phenoxy) is 1. The number of hydrogen-bond donors (Lipinski definition) is 1. The summed E-state index contributed by atoms with van der Waals surface area (Å²) < 4.78 is 5.05. The molecule has 1 aromatic carbocycles. The zero-order valence-corrected chi connectivity index (χ0v) is 12.2. The summed E-state index contributed by atoms with van der Waals surface area (Å²) in [5.41, 5.74) is 0.935. The van der Waals surface area contributed by atoms with E-state index in [0.29, 0.717) is 13.2 Å². The minimum absolute atomic E-state index is 0.0144. The first kappa shape index (κ1) is 15.4. The average Bonchev–Trinajstić information content (AvgIpc) is 2.48. The van der Waals surface area contributed by atoms with Crippen LogP contribution in [0.15, 0.2) is 24.3 Å². The Morgan fingerprint density at radius 1 is 1.38 bits per heavy atom. The van der Waals surface area contributed by atoms with Gasteiger partial charge >= 0.3 is 5.97 Å². The number of quaternary nitrogens is 1. The largest absolute Gasteiger partial charge is 0.466 e. The standard InChI is InChI=1S/C15H20N2O4/c1-2-21-15(18)12-7-9-16(10-8-12)11-13-5-3-4-6-14(13)17(19)20/h3-6,12H,2,7-11H2,1H3/p+1. The number of nitro benzene ring substituents is 1. The van der Waals surface area contributed by atoms with Crippen molar-refractivity contribution >= 4 is 11.7 Å². The third-order valence-corrected chi connectivity index (χ3v) is 3.94. The fraction of sp³-hybridized carbons (Fsp3) is 0.533. The van der Waals surface area contributed by atoms with Gasteiger partial charge in [0.05, 0.1) is 36.1 Å². The maximum atomic E-state index is 11.7. The molecule has 114 valence electrons. The molecule has 6 nitrogen and oxygen atoms in total. The highest BCUT2D eigenvalue weighted by Crippen LogP contribution is 2.17. The lowest BCUT2D eigenvalue weighted by Gasteiger charge is -2.28. The molecule has 0 radical (unpaired) electrons. The molecule has 0 saturated carbocycles. The fourth-order valence-corrected chi connectivity index (χ4v) is 2.81. The van der Waals surface area contributed by atoms with Gasteiger partial charge in [0.2, 0.25) is 0 Å². The first-order valence-electron chi connectivity index (χ1n) is 7.34. The highest BCUT2D eigenvalue weighted by Gasteiger charge is 2.29. The lowest BCUT2D eigenvalue weighted by atomic mass is 9.96. The second kappa shape index (κ2) is 7.17. The van der Waals surface area contributed by atoms with Crippen molar-refractivity contribution in [1.82, 2.24) is 0 Å². The monoisotopic (exact) mass is 293 g/mol. The van der Waals surface area contributed by atoms with Gasteiger partial charge in [-0.25, -0.2) is 0 Å². The van der Waals surface area contributed by atoms with E-state index in [9.17, 15) is 14.9 Å². The minimum Gasteiger partial charge on any atom is -0.466 e. The smallest absolute Gasteiger partial charge is 0.309 e. The normalized spacial score (nSPS) is 21.8. The molecule has 1 N–H and O–H groups in total. The summed E-state index contributed by atoms with van der Waals surface area (Å²) in [5, 5.41) is 11.0. The molecule has 0 spiro atoms. The highest BCUT2D eigenvalue weighted by molar-refractivity contribution is 5.72. The first-order chi connectivity index (χ1) is 10.1. The van der Waals surface area contributed by atoms with Crippen LogP contribution in [0.5, 0.6) is 0 Å². The maximum absolute atomic E-state index is 11.7. The lowest BCUT2D eigenvalue weighted by Crippen LogP contribution is -3.11. The second-order valence-electron chi connectivity index (χ2n) is 5.34. The van der Waals surface area contributed by atoms with Crippen LogP contribution in [0.3, 0.4) is 0 Å². The van der Waals surface area contributed by atoms with Gasteiger partial charge < -0.3 is 9.64 Å². The Kier molecular flexibility index (Phi) is 5.27. The number of hydrogen-bond acceptors (Lipinski definition) is 4. The Labute approximate surface area is 123 Å². The van der Waals surface area contributed by atoms with E-state index in [2.05, 4.69) is 0 Å². The van der Waals surface area contributed by atoms with Crippen molar-refractivity contribution in [1.29, 1.82) is 0 Å². The molecular weight excluding hydrogens is 272 g/mol. The van der Waals surface area contributed by atoms with Gasteiger partial charge in [-0.15, -0.1) is 0 Å². The molecule has 1 aromatic rings. The van der Waals surface area contributed by atoms with Crippen molar-refractivity contribution in [2.75, 3.05) is 19.7 Å². The van der Waals surface area contributed by atoms with E-state index in [0.717, 1.165) is 31.5 Å². The van der Waals surface area contributed by atoms with E-state index < -0.39 is 0 Å². The number of nitrogens with zero attached hydrogens (tertiary/aromatic N) is 1. The van der Waals surface area contributed by atoms with Crippen molar-refractivity contribution in [2.45, 2.75) is 26.3 Å². The lowest BCUT2D eigenvalue weighted by molar-refractivity contribution is -0.919. The Bertz CT molecular complexity index is 510. The molecule has 0 aliphatic carbocycles. The number of carbonyl (C=O) groups is 1. The van der Waals surface area contributed by atoms with Gasteiger partial charge in [0.1, 0.15) is 6.54 Å². The maximum Gasteiger partial charge on any atom is 0.309 e. The zero-order valence-electron chi connectivity index (χ0n) is 12.2. The predicted octanol–water partition coefficient (Wildman–Crippen LogP) is 0.953. The van der Waals surface area contributed by atoms with Crippen LogP contribution in [0.2, 0.25) is 0 Å². The summed E-state index contributed by atoms with van der Waals surface area (Å²) >= 11 is 0. The summed E-state index contributed by atoms with van der Waals surface area (Å²) in [7, 11) is 0. The number of nitrogens with one attached hydrogen (secondary N) is 1. The van der Waals surface area contributed by atoms with Crippen molar-refractivity contribution < 1.29 is 19.4 Å². The van der Waals surface area contributed by atoms with Crippen molar-refractivity contribution in [3.63, 3.8) is 0 Å². The van der Waals surface area contributed by atoms with Gasteiger partial charge in [-0.3, -0.25) is 14.9 Å². The van der Waals surface area contributed by atoms with E-state index in [1.54, 1.807) is 12.1 Å². The highest BCUT2D eigenvalue weighted by atomic mass is 16.6. The molecule has 1 heterocycles. The van der Waals surface area contributed by atoms with Crippen LogP contribution in [0, 0.1) is 16.0 Å². The molecular formula is C15H21N2O4+. The number of para-hydroxylation sites is 1. The van der Waals surface area contributed by atoms with Crippen molar-refractivity contribution in [3.8, 4) is 0 Å². The number of carbonyl (C=O) groups excluding carboxylic acids is 1. The topological polar surface area (TPSA) is 73.9 Å². The predicted molar refractivity (Wildman–Crippen MR) is 76.9 cm³/mol. The molecule has 0 bridgehead atoms. The van der Waals surface area contributed by atoms with Gasteiger partial charge in [-0.2, -0.15) is 0 Å². The van der Waals surface area contributed by atoms with Crippen LogP contribution >= 0.6 is 0 Å². The van der Waals surface area contributed by atoms with Crippen LogP contribution in [-0.2, 0) is 16.1 Å². The Morgan fingerprint density at radius 3 is 2.67 bits per heavy atom. The van der Waals surface area contributed by atoms with E-state index in [1.807, 2.05) is 19.1 Å². The minimum atomic E-state index is -0.333. The second-order valence-corrected chi connectivity index (χ2v) is 5.34. The van der Waals surface area contributed by atoms with Crippen LogP contribution in [0.1, 0.15) is 25.3 Å². The number of esters is 1. The van der Waals surface area contributed by atoms with Gasteiger partial charge in [0.15, 0.2) is 0 Å². The quantitative estimate of drug-likeness (QED) is 0.498. The zero-order chi connectivity index (χ0) is 15.2. The summed E-state index contributed by atoms with van der Waals surface area (Å²) in [4.78, 5) is 23.6. The summed E-state index contributed by atoms with van der Waals surface area (Å²) in [6.07, 6.45) is 1.57. The van der Waals surface area contributed by atoms with Gasteiger partial charge in [-0.1, -0.05) is 12.1 Å². The van der Waals surface area contributed by atoms with E-state index in [-0.39, 0.29) is 22.5 Å². The number of rotatable bonds is 5. The molecule has 0 unspecified atom stereocenters.